The van der Waals surface area contributed by atoms with Crippen molar-refractivity contribution in [1.29, 1.82) is 10.5 Å². The number of halogens is 1. The molecule has 8 heteroatoms. The van der Waals surface area contributed by atoms with Crippen LogP contribution in [0.5, 0.6) is 0 Å². The van der Waals surface area contributed by atoms with Crippen molar-refractivity contribution < 1.29 is 4.79 Å². The average molecular weight is 322 g/mol. The van der Waals surface area contributed by atoms with E-state index in [2.05, 4.69) is 31.2 Å². The van der Waals surface area contributed by atoms with Crippen molar-refractivity contribution in [3.8, 4) is 12.1 Å². The van der Waals surface area contributed by atoms with Crippen molar-refractivity contribution in [3.63, 3.8) is 0 Å². The van der Waals surface area contributed by atoms with Gasteiger partial charge in [-0.15, -0.1) is 11.3 Å². The summed E-state index contributed by atoms with van der Waals surface area (Å²) in [4.78, 5) is 18.6. The number of carbonyl (C=O) groups excluding carboxylic acids is 1. The van der Waals surface area contributed by atoms with Crippen molar-refractivity contribution in [2.75, 3.05) is 5.32 Å². The van der Waals surface area contributed by atoms with E-state index in [0.717, 1.165) is 3.79 Å². The van der Waals surface area contributed by atoms with Gasteiger partial charge in [-0.25, -0.2) is 4.98 Å². The summed E-state index contributed by atoms with van der Waals surface area (Å²) < 4.78 is 0.836. The average Bonchev–Trinajstić information content (AvgIpc) is 2.95. The highest BCUT2D eigenvalue weighted by Gasteiger charge is 2.13. The number of thiophene rings is 1. The molecule has 0 spiro atoms. The molecule has 2 heterocycles. The molecule has 6 nitrogen and oxygen atoms in total. The van der Waals surface area contributed by atoms with E-state index in [4.69, 9.17) is 10.5 Å². The number of hydrogen-bond donors (Lipinski definition) is 2. The fraction of sp³-hybridized carbons (Fsp3) is 0. The number of hydrogen-bond acceptors (Lipinski definition) is 5. The highest BCUT2D eigenvalue weighted by atomic mass is 79.9. The Hall–Kier alpha value is -2.16. The van der Waals surface area contributed by atoms with Gasteiger partial charge in [-0.05, 0) is 28.1 Å². The Bertz CT molecular complexity index is 658. The zero-order chi connectivity index (χ0) is 13.1. The standard InChI is InChI=1S/C10H4BrN5OS/c11-8-2-1-7(18-8)9(17)16-10-14-5(3-12)6(4-13)15-10/h1-2H,(H2,14,15,16,17). The van der Waals surface area contributed by atoms with Gasteiger partial charge in [-0.3, -0.25) is 10.1 Å². The van der Waals surface area contributed by atoms with E-state index in [1.54, 1.807) is 24.3 Å². The van der Waals surface area contributed by atoms with Crippen LogP contribution in [0.3, 0.4) is 0 Å². The monoisotopic (exact) mass is 321 g/mol. The summed E-state index contributed by atoms with van der Waals surface area (Å²) in [6.45, 7) is 0. The van der Waals surface area contributed by atoms with Crippen LogP contribution in [0.15, 0.2) is 15.9 Å². The number of anilines is 1. The topological polar surface area (TPSA) is 105 Å². The summed E-state index contributed by atoms with van der Waals surface area (Å²) in [6.07, 6.45) is 0. The fourth-order valence-electron chi connectivity index (χ4n) is 1.20. The second kappa shape index (κ2) is 5.00. The largest absolute Gasteiger partial charge is 0.314 e. The first-order chi connectivity index (χ1) is 8.63. The predicted molar refractivity (Wildman–Crippen MR) is 68.0 cm³/mol. The van der Waals surface area contributed by atoms with Gasteiger partial charge in [0.05, 0.1) is 8.66 Å². The lowest BCUT2D eigenvalue weighted by molar-refractivity contribution is 0.103. The summed E-state index contributed by atoms with van der Waals surface area (Å²) in [5.41, 5.74) is -0.0136. The summed E-state index contributed by atoms with van der Waals surface area (Å²) >= 11 is 4.52. The van der Waals surface area contributed by atoms with Gasteiger partial charge >= 0.3 is 0 Å². The Morgan fingerprint density at radius 3 is 2.72 bits per heavy atom. The lowest BCUT2D eigenvalue weighted by Crippen LogP contribution is -2.11. The van der Waals surface area contributed by atoms with E-state index in [-0.39, 0.29) is 23.2 Å². The molecule has 0 saturated carbocycles. The van der Waals surface area contributed by atoms with E-state index in [9.17, 15) is 4.79 Å². The molecule has 0 aliphatic carbocycles. The van der Waals surface area contributed by atoms with Crippen LogP contribution in [0.1, 0.15) is 21.1 Å². The molecule has 1 amide bonds. The molecule has 0 fully saturated rings. The zero-order valence-electron chi connectivity index (χ0n) is 8.69. The molecule has 2 aromatic heterocycles. The van der Waals surface area contributed by atoms with Crippen molar-refractivity contribution in [2.45, 2.75) is 0 Å². The SMILES string of the molecule is N#Cc1nc(NC(=O)c2ccc(Br)s2)[nH]c1C#N. The molecule has 0 atom stereocenters. The van der Waals surface area contributed by atoms with Crippen LogP contribution in [0.2, 0.25) is 0 Å². The molecule has 0 aliphatic rings. The number of imidazole rings is 1. The molecule has 2 aromatic rings. The molecular weight excluding hydrogens is 318 g/mol. The molecule has 2 N–H and O–H groups in total. The number of rotatable bonds is 2. The molecule has 0 aliphatic heterocycles. The van der Waals surface area contributed by atoms with Gasteiger partial charge in [0.15, 0.2) is 11.4 Å². The number of nitriles is 2. The number of aromatic amines is 1. The maximum Gasteiger partial charge on any atom is 0.268 e. The first kappa shape index (κ1) is 12.3. The minimum atomic E-state index is -0.353. The van der Waals surface area contributed by atoms with E-state index in [1.165, 1.54) is 11.3 Å². The third-order valence-corrected chi connectivity index (χ3v) is 3.57. The van der Waals surface area contributed by atoms with Crippen LogP contribution >= 0.6 is 27.3 Å². The highest BCUT2D eigenvalue weighted by molar-refractivity contribution is 9.11. The summed E-state index contributed by atoms with van der Waals surface area (Å²) in [7, 11) is 0. The molecule has 0 aromatic carbocycles. The van der Waals surface area contributed by atoms with E-state index in [0.29, 0.717) is 4.88 Å². The number of H-pyrrole nitrogens is 1. The summed E-state index contributed by atoms with van der Waals surface area (Å²) in [6, 6.07) is 6.96. The minimum Gasteiger partial charge on any atom is -0.314 e. The van der Waals surface area contributed by atoms with Crippen molar-refractivity contribution in [2.24, 2.45) is 0 Å². The van der Waals surface area contributed by atoms with Gasteiger partial charge in [0.1, 0.15) is 12.1 Å². The molecule has 18 heavy (non-hydrogen) atoms. The maximum atomic E-state index is 11.8. The minimum absolute atomic E-state index is 0.0279. The summed E-state index contributed by atoms with van der Waals surface area (Å²) in [5.74, 6) is -0.272. The van der Waals surface area contributed by atoms with Gasteiger partial charge in [0.25, 0.3) is 5.91 Å². The third-order valence-electron chi connectivity index (χ3n) is 1.95. The Morgan fingerprint density at radius 1 is 1.44 bits per heavy atom. The number of nitrogens with zero attached hydrogens (tertiary/aromatic N) is 3. The zero-order valence-corrected chi connectivity index (χ0v) is 11.1. The van der Waals surface area contributed by atoms with E-state index in [1.807, 2.05) is 0 Å². The quantitative estimate of drug-likeness (QED) is 0.884. The molecular formula is C10H4BrN5OS. The molecule has 0 bridgehead atoms. The van der Waals surface area contributed by atoms with Crippen LogP contribution in [0, 0.1) is 22.7 Å². The Balaban J connectivity index is 2.20. The fourth-order valence-corrected chi connectivity index (χ4v) is 2.48. The second-order valence-electron chi connectivity index (χ2n) is 3.09. The van der Waals surface area contributed by atoms with Crippen LogP contribution < -0.4 is 5.32 Å². The molecule has 0 unspecified atom stereocenters. The highest BCUT2D eigenvalue weighted by Crippen LogP contribution is 2.22. The third kappa shape index (κ3) is 2.40. The molecule has 0 radical (unpaired) electrons. The number of amides is 1. The first-order valence-electron chi connectivity index (χ1n) is 4.61. The van der Waals surface area contributed by atoms with Crippen LogP contribution in [0.4, 0.5) is 5.95 Å². The van der Waals surface area contributed by atoms with E-state index < -0.39 is 0 Å². The predicted octanol–water partition coefficient (Wildman–Crippen LogP) is 2.23. The van der Waals surface area contributed by atoms with Crippen LogP contribution in [0.25, 0.3) is 0 Å². The Kier molecular flexibility index (Phi) is 3.42. The van der Waals surface area contributed by atoms with Crippen molar-refractivity contribution in [1.82, 2.24) is 9.97 Å². The van der Waals surface area contributed by atoms with Gasteiger partial charge < -0.3 is 4.98 Å². The van der Waals surface area contributed by atoms with Crippen LogP contribution in [-0.2, 0) is 0 Å². The normalized spacial score (nSPS) is 9.50. The Labute approximate surface area is 114 Å². The van der Waals surface area contributed by atoms with Crippen molar-refractivity contribution in [3.05, 3.63) is 32.2 Å². The van der Waals surface area contributed by atoms with Gasteiger partial charge in [0, 0.05) is 0 Å². The maximum absolute atomic E-state index is 11.8. The van der Waals surface area contributed by atoms with Gasteiger partial charge in [-0.1, -0.05) is 0 Å². The number of carbonyl (C=O) groups is 1. The lowest BCUT2D eigenvalue weighted by atomic mass is 10.4. The molecule has 2 rings (SSSR count). The number of nitrogens with one attached hydrogen (secondary N) is 2. The van der Waals surface area contributed by atoms with Gasteiger partial charge in [0.2, 0.25) is 5.95 Å². The molecule has 88 valence electrons. The smallest absolute Gasteiger partial charge is 0.268 e. The van der Waals surface area contributed by atoms with Gasteiger partial charge in [-0.2, -0.15) is 10.5 Å². The number of aromatic nitrogens is 2. The first-order valence-corrected chi connectivity index (χ1v) is 6.22. The second-order valence-corrected chi connectivity index (χ2v) is 5.55. The lowest BCUT2D eigenvalue weighted by Gasteiger charge is -1.97. The summed E-state index contributed by atoms with van der Waals surface area (Å²) in [5, 5.41) is 19.9. The van der Waals surface area contributed by atoms with E-state index >= 15 is 0 Å². The molecule has 0 saturated heterocycles. The van der Waals surface area contributed by atoms with Crippen molar-refractivity contribution >= 4 is 39.1 Å². The van der Waals surface area contributed by atoms with Crippen LogP contribution in [-0.4, -0.2) is 15.9 Å². The Morgan fingerprint density at radius 2 is 2.22 bits per heavy atom.